The molecule has 0 amide bonds. The van der Waals surface area contributed by atoms with E-state index >= 15 is 0 Å². The molecular formula is C13H19ClFNO. The first-order valence-corrected chi connectivity index (χ1v) is 5.99. The molecule has 1 aromatic rings. The maximum Gasteiger partial charge on any atom is 0.147 e. The zero-order valence-corrected chi connectivity index (χ0v) is 11.1. The summed E-state index contributed by atoms with van der Waals surface area (Å²) in [5.41, 5.74) is 6.04. The second-order valence-corrected chi connectivity index (χ2v) is 5.77. The van der Waals surface area contributed by atoms with Gasteiger partial charge in [0.15, 0.2) is 0 Å². The van der Waals surface area contributed by atoms with Gasteiger partial charge in [0, 0.05) is 11.6 Å². The Kier molecular flexibility index (Phi) is 4.53. The highest BCUT2D eigenvalue weighted by Crippen LogP contribution is 2.29. The van der Waals surface area contributed by atoms with Crippen molar-refractivity contribution in [3.63, 3.8) is 0 Å². The molecule has 0 aliphatic rings. The highest BCUT2D eigenvalue weighted by molar-refractivity contribution is 6.30. The van der Waals surface area contributed by atoms with Crippen molar-refractivity contribution in [1.82, 2.24) is 0 Å². The van der Waals surface area contributed by atoms with Crippen molar-refractivity contribution in [3.8, 4) is 0 Å². The summed E-state index contributed by atoms with van der Waals surface area (Å²) < 4.78 is 13.7. The molecule has 0 aliphatic heterocycles. The molecule has 4 heteroatoms. The Morgan fingerprint density at radius 1 is 1.41 bits per heavy atom. The van der Waals surface area contributed by atoms with E-state index in [-0.39, 0.29) is 22.0 Å². The lowest BCUT2D eigenvalue weighted by molar-refractivity contribution is 0.130. The molecule has 0 saturated carbocycles. The molecule has 0 spiro atoms. The zero-order chi connectivity index (χ0) is 13.2. The van der Waals surface area contributed by atoms with E-state index in [2.05, 4.69) is 0 Å². The summed E-state index contributed by atoms with van der Waals surface area (Å²) >= 11 is 5.67. The minimum Gasteiger partial charge on any atom is -0.388 e. The van der Waals surface area contributed by atoms with E-state index in [1.165, 1.54) is 12.1 Å². The van der Waals surface area contributed by atoms with Gasteiger partial charge in [-0.25, -0.2) is 4.39 Å². The van der Waals surface area contributed by atoms with Crippen LogP contribution in [0, 0.1) is 11.2 Å². The van der Waals surface area contributed by atoms with Gasteiger partial charge in [0.05, 0.1) is 11.1 Å². The summed E-state index contributed by atoms with van der Waals surface area (Å²) in [6, 6.07) is 4.39. The van der Waals surface area contributed by atoms with Crippen molar-refractivity contribution in [1.29, 1.82) is 0 Å². The lowest BCUT2D eigenvalue weighted by atomic mass is 9.83. The Hall–Kier alpha value is -0.640. The molecule has 0 unspecified atom stereocenters. The quantitative estimate of drug-likeness (QED) is 0.875. The molecule has 2 atom stereocenters. The Balaban J connectivity index is 2.84. The van der Waals surface area contributed by atoms with Crippen molar-refractivity contribution in [2.24, 2.45) is 11.1 Å². The number of aliphatic hydroxyl groups excluding tert-OH is 1. The van der Waals surface area contributed by atoms with Gasteiger partial charge in [0.2, 0.25) is 0 Å². The van der Waals surface area contributed by atoms with Gasteiger partial charge in [-0.15, -0.1) is 0 Å². The highest BCUT2D eigenvalue weighted by Gasteiger charge is 2.25. The lowest BCUT2D eigenvalue weighted by Crippen LogP contribution is -2.36. The van der Waals surface area contributed by atoms with Crippen LogP contribution in [0.1, 0.15) is 38.9 Å². The summed E-state index contributed by atoms with van der Waals surface area (Å²) in [6.45, 7) is 5.95. The molecule has 2 nitrogen and oxygen atoms in total. The third kappa shape index (κ3) is 3.66. The van der Waals surface area contributed by atoms with E-state index in [0.717, 1.165) is 0 Å². The largest absolute Gasteiger partial charge is 0.388 e. The summed E-state index contributed by atoms with van der Waals surface area (Å²) in [5.74, 6) is -0.567. The van der Waals surface area contributed by atoms with Crippen LogP contribution in [-0.2, 0) is 0 Å². The van der Waals surface area contributed by atoms with Crippen LogP contribution in [0.3, 0.4) is 0 Å². The standard InChI is InChI=1S/C13H19ClFNO/c1-13(2,3)11(16)7-10(17)8-5-4-6-9(14)12(8)15/h4-6,10-11,17H,7,16H2,1-3H3/t10-,11-/m0/s1. The highest BCUT2D eigenvalue weighted by atomic mass is 35.5. The molecule has 0 bridgehead atoms. The minimum absolute atomic E-state index is 0.0193. The molecular weight excluding hydrogens is 241 g/mol. The summed E-state index contributed by atoms with van der Waals surface area (Å²) in [5, 5.41) is 10.0. The van der Waals surface area contributed by atoms with Gasteiger partial charge in [0.25, 0.3) is 0 Å². The van der Waals surface area contributed by atoms with E-state index in [1.807, 2.05) is 20.8 Å². The van der Waals surface area contributed by atoms with Crippen molar-refractivity contribution in [2.75, 3.05) is 0 Å². The molecule has 0 radical (unpaired) electrons. The normalized spacial score (nSPS) is 15.7. The number of hydrogen-bond acceptors (Lipinski definition) is 2. The van der Waals surface area contributed by atoms with E-state index in [1.54, 1.807) is 6.07 Å². The van der Waals surface area contributed by atoms with E-state index < -0.39 is 11.9 Å². The Labute approximate surface area is 107 Å². The molecule has 1 rings (SSSR count). The number of halogens is 2. The van der Waals surface area contributed by atoms with Crippen molar-refractivity contribution < 1.29 is 9.50 Å². The SMILES string of the molecule is CC(C)(C)[C@@H](N)C[C@H](O)c1cccc(Cl)c1F. The predicted octanol–water partition coefficient (Wildman–Crippen LogP) is 3.28. The number of aliphatic hydroxyl groups is 1. The van der Waals surface area contributed by atoms with Gasteiger partial charge in [-0.2, -0.15) is 0 Å². The monoisotopic (exact) mass is 259 g/mol. The topological polar surface area (TPSA) is 46.2 Å². The van der Waals surface area contributed by atoms with Gasteiger partial charge >= 0.3 is 0 Å². The average Bonchev–Trinajstić information content (AvgIpc) is 2.20. The molecule has 0 fully saturated rings. The van der Waals surface area contributed by atoms with Crippen LogP contribution in [0.2, 0.25) is 5.02 Å². The molecule has 3 N–H and O–H groups in total. The summed E-state index contributed by atoms with van der Waals surface area (Å²) in [7, 11) is 0. The van der Waals surface area contributed by atoms with Crippen LogP contribution in [0.25, 0.3) is 0 Å². The van der Waals surface area contributed by atoms with Gasteiger partial charge < -0.3 is 10.8 Å². The van der Waals surface area contributed by atoms with Crippen LogP contribution in [0.5, 0.6) is 0 Å². The van der Waals surface area contributed by atoms with E-state index in [4.69, 9.17) is 17.3 Å². The van der Waals surface area contributed by atoms with Crippen LogP contribution in [0.4, 0.5) is 4.39 Å². The first-order valence-electron chi connectivity index (χ1n) is 5.61. The zero-order valence-electron chi connectivity index (χ0n) is 10.4. The fourth-order valence-electron chi connectivity index (χ4n) is 1.50. The second kappa shape index (κ2) is 5.34. The number of benzene rings is 1. The molecule has 0 saturated heterocycles. The maximum atomic E-state index is 13.7. The molecule has 0 aliphatic carbocycles. The fraction of sp³-hybridized carbons (Fsp3) is 0.538. The number of rotatable bonds is 3. The van der Waals surface area contributed by atoms with Gasteiger partial charge in [-0.1, -0.05) is 44.5 Å². The van der Waals surface area contributed by atoms with Crippen LogP contribution >= 0.6 is 11.6 Å². The summed E-state index contributed by atoms with van der Waals surface area (Å²) in [6.07, 6.45) is -0.622. The van der Waals surface area contributed by atoms with Crippen molar-refractivity contribution in [2.45, 2.75) is 39.3 Å². The van der Waals surface area contributed by atoms with Crippen LogP contribution < -0.4 is 5.73 Å². The number of nitrogens with two attached hydrogens (primary N) is 1. The van der Waals surface area contributed by atoms with E-state index in [0.29, 0.717) is 6.42 Å². The first-order chi connectivity index (χ1) is 7.73. The average molecular weight is 260 g/mol. The Morgan fingerprint density at radius 3 is 2.53 bits per heavy atom. The second-order valence-electron chi connectivity index (χ2n) is 5.37. The molecule has 17 heavy (non-hydrogen) atoms. The smallest absolute Gasteiger partial charge is 0.147 e. The summed E-state index contributed by atoms with van der Waals surface area (Å²) in [4.78, 5) is 0. The van der Waals surface area contributed by atoms with Crippen molar-refractivity contribution in [3.05, 3.63) is 34.6 Å². The van der Waals surface area contributed by atoms with Crippen LogP contribution in [-0.4, -0.2) is 11.1 Å². The lowest BCUT2D eigenvalue weighted by Gasteiger charge is -2.29. The van der Waals surface area contributed by atoms with Gasteiger partial charge in [-0.05, 0) is 17.9 Å². The van der Waals surface area contributed by atoms with Gasteiger partial charge in [0.1, 0.15) is 5.82 Å². The van der Waals surface area contributed by atoms with Crippen molar-refractivity contribution >= 4 is 11.6 Å². The van der Waals surface area contributed by atoms with E-state index in [9.17, 15) is 9.50 Å². The molecule has 0 heterocycles. The number of hydrogen-bond donors (Lipinski definition) is 2. The third-order valence-electron chi connectivity index (χ3n) is 2.93. The fourth-order valence-corrected chi connectivity index (χ4v) is 1.68. The minimum atomic E-state index is -0.928. The molecule has 0 aromatic heterocycles. The first kappa shape index (κ1) is 14.4. The third-order valence-corrected chi connectivity index (χ3v) is 3.22. The molecule has 96 valence electrons. The Morgan fingerprint density at radius 2 is 2.00 bits per heavy atom. The predicted molar refractivity (Wildman–Crippen MR) is 68.4 cm³/mol. The van der Waals surface area contributed by atoms with Gasteiger partial charge in [-0.3, -0.25) is 0 Å². The Bertz CT molecular complexity index is 389. The molecule has 1 aromatic carbocycles. The maximum absolute atomic E-state index is 13.7. The van der Waals surface area contributed by atoms with Crippen LogP contribution in [0.15, 0.2) is 18.2 Å².